The van der Waals surface area contributed by atoms with E-state index in [0.29, 0.717) is 0 Å². The van der Waals surface area contributed by atoms with Crippen LogP contribution in [0.15, 0.2) is 6.07 Å². The van der Waals surface area contributed by atoms with Crippen LogP contribution in [0.1, 0.15) is 38.9 Å². The van der Waals surface area contributed by atoms with E-state index in [1.54, 1.807) is 7.11 Å². The van der Waals surface area contributed by atoms with Crippen LogP contribution >= 0.6 is 0 Å². The molecule has 0 fully saturated rings. The van der Waals surface area contributed by atoms with Gasteiger partial charge in [-0.25, -0.2) is 9.97 Å². The third-order valence-corrected chi connectivity index (χ3v) is 3.02. The smallest absolute Gasteiger partial charge is 0.134 e. The lowest BCUT2D eigenvalue weighted by molar-refractivity contribution is 0.196. The fraction of sp³-hybridized carbons (Fsp3) is 0.733. The molecule has 1 N–H and O–H groups in total. The molecule has 0 saturated carbocycles. The molecule has 0 amide bonds. The number of aryl methyl sites for hydroxylation is 1. The first-order valence-corrected chi connectivity index (χ1v) is 7.53. The van der Waals surface area contributed by atoms with E-state index in [1.807, 2.05) is 6.07 Å². The molecule has 0 aliphatic carbocycles. The predicted molar refractivity (Wildman–Crippen MR) is 84.6 cm³/mol. The summed E-state index contributed by atoms with van der Waals surface area (Å²) in [7, 11) is 3.80. The average Bonchev–Trinajstić information content (AvgIpc) is 2.45. The molecule has 1 aromatic heterocycles. The topological polar surface area (TPSA) is 50.3 Å². The Hall–Kier alpha value is -1.36. The van der Waals surface area contributed by atoms with Crippen molar-refractivity contribution in [3.05, 3.63) is 11.9 Å². The van der Waals surface area contributed by atoms with E-state index < -0.39 is 0 Å². The van der Waals surface area contributed by atoms with Crippen LogP contribution in [0.2, 0.25) is 0 Å². The van der Waals surface area contributed by atoms with Gasteiger partial charge in [0.1, 0.15) is 17.5 Å². The largest absolute Gasteiger partial charge is 0.385 e. The summed E-state index contributed by atoms with van der Waals surface area (Å²) in [6, 6.07) is 2.03. The summed E-state index contributed by atoms with van der Waals surface area (Å²) in [5, 5.41) is 3.35. The second-order valence-electron chi connectivity index (χ2n) is 4.97. The Morgan fingerprint density at radius 1 is 1.25 bits per heavy atom. The van der Waals surface area contributed by atoms with E-state index >= 15 is 0 Å². The van der Waals surface area contributed by atoms with Crippen LogP contribution in [-0.2, 0) is 11.2 Å². The zero-order chi connectivity index (χ0) is 14.8. The quantitative estimate of drug-likeness (QED) is 0.668. The van der Waals surface area contributed by atoms with Crippen molar-refractivity contribution in [3.8, 4) is 0 Å². The van der Waals surface area contributed by atoms with Crippen molar-refractivity contribution < 1.29 is 4.74 Å². The maximum Gasteiger partial charge on any atom is 0.134 e. The molecule has 1 rings (SSSR count). The first kappa shape index (κ1) is 16.7. The minimum atomic E-state index is 0.776. The number of rotatable bonds is 10. The normalized spacial score (nSPS) is 10.6. The van der Waals surface area contributed by atoms with E-state index in [0.717, 1.165) is 62.8 Å². The van der Waals surface area contributed by atoms with Gasteiger partial charge in [0.2, 0.25) is 0 Å². The number of hydrogen-bond donors (Lipinski definition) is 1. The van der Waals surface area contributed by atoms with Gasteiger partial charge >= 0.3 is 0 Å². The first-order chi connectivity index (χ1) is 9.71. The maximum absolute atomic E-state index is 5.10. The van der Waals surface area contributed by atoms with E-state index in [1.165, 1.54) is 0 Å². The average molecular weight is 280 g/mol. The van der Waals surface area contributed by atoms with Crippen LogP contribution in [0.5, 0.6) is 0 Å². The number of ether oxygens (including phenoxy) is 1. The third kappa shape index (κ3) is 5.74. The Bertz CT molecular complexity index is 384. The number of anilines is 2. The molecule has 20 heavy (non-hydrogen) atoms. The lowest BCUT2D eigenvalue weighted by Crippen LogP contribution is -2.22. The van der Waals surface area contributed by atoms with Gasteiger partial charge in [-0.3, -0.25) is 0 Å². The number of nitrogens with one attached hydrogen (secondary N) is 1. The number of hydrogen-bond acceptors (Lipinski definition) is 5. The molecule has 114 valence electrons. The van der Waals surface area contributed by atoms with Crippen molar-refractivity contribution in [2.75, 3.05) is 44.1 Å². The highest BCUT2D eigenvalue weighted by Crippen LogP contribution is 2.16. The molecule has 0 aromatic carbocycles. The first-order valence-electron chi connectivity index (χ1n) is 7.53. The zero-order valence-electron chi connectivity index (χ0n) is 13.3. The van der Waals surface area contributed by atoms with Crippen molar-refractivity contribution in [3.63, 3.8) is 0 Å². The Morgan fingerprint density at radius 3 is 2.70 bits per heavy atom. The molecule has 0 unspecified atom stereocenters. The van der Waals surface area contributed by atoms with Crippen molar-refractivity contribution in [1.29, 1.82) is 0 Å². The summed E-state index contributed by atoms with van der Waals surface area (Å²) in [5.74, 6) is 2.83. The van der Waals surface area contributed by atoms with Crippen molar-refractivity contribution in [2.24, 2.45) is 0 Å². The van der Waals surface area contributed by atoms with E-state index in [4.69, 9.17) is 4.74 Å². The zero-order valence-corrected chi connectivity index (χ0v) is 13.3. The summed E-state index contributed by atoms with van der Waals surface area (Å²) in [4.78, 5) is 11.4. The van der Waals surface area contributed by atoms with Gasteiger partial charge in [-0.1, -0.05) is 13.8 Å². The molecule has 0 aliphatic rings. The van der Waals surface area contributed by atoms with Gasteiger partial charge < -0.3 is 15.0 Å². The van der Waals surface area contributed by atoms with Crippen LogP contribution in [0.3, 0.4) is 0 Å². The standard InChI is InChI=1S/C15H28N4O/c1-5-8-13-17-14(16-9-6-2)12-15(18-13)19(3)10-7-11-20-4/h12H,5-11H2,1-4H3,(H,16,17,18). The second-order valence-corrected chi connectivity index (χ2v) is 4.97. The summed E-state index contributed by atoms with van der Waals surface area (Å²) in [6.45, 7) is 6.95. The van der Waals surface area contributed by atoms with Gasteiger partial charge in [-0.05, 0) is 19.3 Å². The summed E-state index contributed by atoms with van der Waals surface area (Å²) in [5.41, 5.74) is 0. The lowest BCUT2D eigenvalue weighted by Gasteiger charge is -2.19. The molecule has 1 heterocycles. The van der Waals surface area contributed by atoms with Crippen LogP contribution in [0.4, 0.5) is 11.6 Å². The molecule has 0 spiro atoms. The number of nitrogens with zero attached hydrogens (tertiary/aromatic N) is 3. The van der Waals surface area contributed by atoms with Gasteiger partial charge in [-0.15, -0.1) is 0 Å². The summed E-state index contributed by atoms with van der Waals surface area (Å²) >= 11 is 0. The molecule has 0 radical (unpaired) electrons. The van der Waals surface area contributed by atoms with Gasteiger partial charge in [0.05, 0.1) is 0 Å². The monoisotopic (exact) mass is 280 g/mol. The maximum atomic E-state index is 5.10. The van der Waals surface area contributed by atoms with Crippen molar-refractivity contribution in [1.82, 2.24) is 9.97 Å². The van der Waals surface area contributed by atoms with E-state index in [9.17, 15) is 0 Å². The number of aromatic nitrogens is 2. The van der Waals surface area contributed by atoms with Crippen LogP contribution < -0.4 is 10.2 Å². The molecule has 5 nitrogen and oxygen atoms in total. The van der Waals surface area contributed by atoms with E-state index in [-0.39, 0.29) is 0 Å². The SMILES string of the molecule is CCCNc1cc(N(C)CCCOC)nc(CCC)n1. The minimum Gasteiger partial charge on any atom is -0.385 e. The predicted octanol–water partition coefficient (Wildman–Crippen LogP) is 2.72. The Kier molecular flexibility index (Phi) is 7.95. The highest BCUT2D eigenvalue weighted by Gasteiger charge is 2.08. The van der Waals surface area contributed by atoms with Crippen molar-refractivity contribution >= 4 is 11.6 Å². The van der Waals surface area contributed by atoms with Gasteiger partial charge in [-0.2, -0.15) is 0 Å². The lowest BCUT2D eigenvalue weighted by atomic mass is 10.3. The fourth-order valence-electron chi connectivity index (χ4n) is 1.92. The Labute approximate surface area is 122 Å². The molecular weight excluding hydrogens is 252 g/mol. The summed E-state index contributed by atoms with van der Waals surface area (Å²) in [6.07, 6.45) is 4.06. The number of methoxy groups -OCH3 is 1. The Morgan fingerprint density at radius 2 is 2.05 bits per heavy atom. The molecule has 0 bridgehead atoms. The van der Waals surface area contributed by atoms with Crippen molar-refractivity contribution in [2.45, 2.75) is 39.5 Å². The van der Waals surface area contributed by atoms with Crippen LogP contribution in [0, 0.1) is 0 Å². The Balaban J connectivity index is 2.78. The summed E-state index contributed by atoms with van der Waals surface area (Å²) < 4.78 is 5.10. The van der Waals surface area contributed by atoms with E-state index in [2.05, 4.69) is 41.1 Å². The van der Waals surface area contributed by atoms with Gasteiger partial charge in [0, 0.05) is 46.3 Å². The molecule has 0 atom stereocenters. The highest BCUT2D eigenvalue weighted by molar-refractivity contribution is 5.49. The van der Waals surface area contributed by atoms with Gasteiger partial charge in [0.25, 0.3) is 0 Å². The molecular formula is C15H28N4O. The molecule has 5 heteroatoms. The molecule has 0 saturated heterocycles. The highest BCUT2D eigenvalue weighted by atomic mass is 16.5. The second kappa shape index (κ2) is 9.53. The molecule has 1 aromatic rings. The third-order valence-electron chi connectivity index (χ3n) is 3.02. The molecule has 0 aliphatic heterocycles. The minimum absolute atomic E-state index is 0.776. The van der Waals surface area contributed by atoms with Crippen LogP contribution in [-0.4, -0.2) is 43.8 Å². The van der Waals surface area contributed by atoms with Crippen LogP contribution in [0.25, 0.3) is 0 Å². The van der Waals surface area contributed by atoms with Gasteiger partial charge in [0.15, 0.2) is 0 Å². The fourth-order valence-corrected chi connectivity index (χ4v) is 1.92.